The smallest absolute Gasteiger partial charge is 0.138 e. The van der Waals surface area contributed by atoms with Crippen LogP contribution in [0.1, 0.15) is 36.6 Å². The van der Waals surface area contributed by atoms with Crippen LogP contribution in [0.5, 0.6) is 5.75 Å². The maximum absolute atomic E-state index is 6.29. The molecule has 3 heteroatoms. The molecule has 0 aliphatic heterocycles. The Morgan fingerprint density at radius 1 is 1.10 bits per heavy atom. The second-order valence-corrected chi connectivity index (χ2v) is 5.57. The zero-order valence-electron chi connectivity index (χ0n) is 12.8. The molecule has 2 aromatic rings. The molecule has 2 aromatic carbocycles. The van der Waals surface area contributed by atoms with Gasteiger partial charge in [0.15, 0.2) is 0 Å². The van der Waals surface area contributed by atoms with E-state index in [1.807, 2.05) is 25.2 Å². The fourth-order valence-corrected chi connectivity index (χ4v) is 2.35. The molecule has 1 unspecified atom stereocenters. The molecule has 2 rings (SSSR count). The third kappa shape index (κ3) is 4.23. The van der Waals surface area contributed by atoms with Crippen molar-refractivity contribution in [3.05, 3.63) is 64.2 Å². The molecule has 0 bridgehead atoms. The Kier molecular flexibility index (Phi) is 5.66. The number of nitrogens with one attached hydrogen (secondary N) is 1. The molecular weight excluding hydrogens is 282 g/mol. The Labute approximate surface area is 132 Å². The van der Waals surface area contributed by atoms with Gasteiger partial charge in [-0.3, -0.25) is 0 Å². The van der Waals surface area contributed by atoms with Crippen molar-refractivity contribution in [2.75, 3.05) is 7.05 Å². The molecule has 0 spiro atoms. The molecule has 0 amide bonds. The Balaban J connectivity index is 2.02. The summed E-state index contributed by atoms with van der Waals surface area (Å²) in [6.07, 6.45) is 1.05. The zero-order chi connectivity index (χ0) is 15.2. The van der Waals surface area contributed by atoms with Crippen molar-refractivity contribution in [1.82, 2.24) is 5.32 Å². The minimum Gasteiger partial charge on any atom is -0.487 e. The maximum Gasteiger partial charge on any atom is 0.138 e. The Bertz CT molecular complexity index is 580. The highest BCUT2D eigenvalue weighted by molar-refractivity contribution is 6.32. The first-order valence-corrected chi connectivity index (χ1v) is 7.69. The van der Waals surface area contributed by atoms with Crippen molar-refractivity contribution < 1.29 is 4.74 Å². The molecule has 0 aliphatic rings. The fraction of sp³-hybridized carbons (Fsp3) is 0.333. The highest BCUT2D eigenvalue weighted by atomic mass is 35.5. The second-order valence-electron chi connectivity index (χ2n) is 5.16. The predicted octanol–water partition coefficient (Wildman–Crippen LogP) is 4.76. The van der Waals surface area contributed by atoms with E-state index in [-0.39, 0.29) is 6.04 Å². The normalized spacial score (nSPS) is 12.2. The van der Waals surface area contributed by atoms with E-state index >= 15 is 0 Å². The van der Waals surface area contributed by atoms with Crippen LogP contribution in [-0.4, -0.2) is 7.05 Å². The van der Waals surface area contributed by atoms with Crippen LogP contribution in [0.25, 0.3) is 0 Å². The minimum absolute atomic E-state index is 0.276. The van der Waals surface area contributed by atoms with Crippen LogP contribution < -0.4 is 10.1 Å². The van der Waals surface area contributed by atoms with Crippen LogP contribution in [0.3, 0.4) is 0 Å². The lowest BCUT2D eigenvalue weighted by molar-refractivity contribution is 0.306. The van der Waals surface area contributed by atoms with Crippen LogP contribution in [0.15, 0.2) is 42.5 Å². The monoisotopic (exact) mass is 303 g/mol. The van der Waals surface area contributed by atoms with E-state index in [2.05, 4.69) is 43.4 Å². The first kappa shape index (κ1) is 15.9. The molecular formula is C18H22ClNO. The van der Waals surface area contributed by atoms with Gasteiger partial charge in [-0.05, 0) is 49.2 Å². The fourth-order valence-electron chi connectivity index (χ4n) is 2.10. The van der Waals surface area contributed by atoms with E-state index in [1.165, 1.54) is 5.56 Å². The molecule has 0 aliphatic carbocycles. The predicted molar refractivity (Wildman–Crippen MR) is 89.1 cm³/mol. The van der Waals surface area contributed by atoms with E-state index in [0.717, 1.165) is 23.3 Å². The van der Waals surface area contributed by atoms with Crippen molar-refractivity contribution in [2.24, 2.45) is 0 Å². The van der Waals surface area contributed by atoms with Crippen molar-refractivity contribution in [1.29, 1.82) is 0 Å². The first-order valence-electron chi connectivity index (χ1n) is 7.31. The van der Waals surface area contributed by atoms with E-state index in [0.29, 0.717) is 11.6 Å². The molecule has 112 valence electrons. The number of hydrogen-bond acceptors (Lipinski definition) is 2. The van der Waals surface area contributed by atoms with Gasteiger partial charge in [0.25, 0.3) is 0 Å². The average molecular weight is 304 g/mol. The number of benzene rings is 2. The summed E-state index contributed by atoms with van der Waals surface area (Å²) in [5.74, 6) is 0.725. The number of ether oxygens (including phenoxy) is 1. The Morgan fingerprint density at radius 3 is 2.33 bits per heavy atom. The van der Waals surface area contributed by atoms with Crippen molar-refractivity contribution in [3.63, 3.8) is 0 Å². The summed E-state index contributed by atoms with van der Waals surface area (Å²) < 4.78 is 5.81. The van der Waals surface area contributed by atoms with Gasteiger partial charge in [-0.15, -0.1) is 0 Å². The molecule has 1 atom stereocenters. The van der Waals surface area contributed by atoms with E-state index in [4.69, 9.17) is 16.3 Å². The van der Waals surface area contributed by atoms with Crippen LogP contribution in [0.2, 0.25) is 5.02 Å². The molecule has 0 fully saturated rings. The summed E-state index contributed by atoms with van der Waals surface area (Å²) in [6, 6.07) is 14.7. The standard InChI is InChI=1S/C18H22ClNO/c1-4-14-5-7-15(8-6-14)12-21-18-10-9-16(11-17(18)19)13(2)20-3/h5-11,13,20H,4,12H2,1-3H3. The van der Waals surface area contributed by atoms with Gasteiger partial charge in [0.2, 0.25) is 0 Å². The van der Waals surface area contributed by atoms with Crippen LogP contribution >= 0.6 is 11.6 Å². The first-order chi connectivity index (χ1) is 10.1. The third-order valence-corrected chi connectivity index (χ3v) is 4.01. The molecule has 0 saturated carbocycles. The summed E-state index contributed by atoms with van der Waals surface area (Å²) in [4.78, 5) is 0. The van der Waals surface area contributed by atoms with Gasteiger partial charge in [0.05, 0.1) is 5.02 Å². The number of aryl methyl sites for hydroxylation is 1. The zero-order valence-corrected chi connectivity index (χ0v) is 13.6. The summed E-state index contributed by atoms with van der Waals surface area (Å²) >= 11 is 6.29. The van der Waals surface area contributed by atoms with Gasteiger partial charge in [-0.1, -0.05) is 48.9 Å². The van der Waals surface area contributed by atoms with Crippen molar-refractivity contribution in [3.8, 4) is 5.75 Å². The number of hydrogen-bond donors (Lipinski definition) is 1. The third-order valence-electron chi connectivity index (χ3n) is 3.71. The number of halogens is 1. The molecule has 21 heavy (non-hydrogen) atoms. The van der Waals surface area contributed by atoms with Gasteiger partial charge >= 0.3 is 0 Å². The summed E-state index contributed by atoms with van der Waals surface area (Å²) in [6.45, 7) is 4.78. The van der Waals surface area contributed by atoms with Crippen molar-refractivity contribution in [2.45, 2.75) is 32.9 Å². The molecule has 0 heterocycles. The average Bonchev–Trinajstić information content (AvgIpc) is 2.53. The topological polar surface area (TPSA) is 21.3 Å². The maximum atomic E-state index is 6.29. The molecule has 0 saturated heterocycles. The van der Waals surface area contributed by atoms with Crippen LogP contribution in [-0.2, 0) is 13.0 Å². The molecule has 0 radical (unpaired) electrons. The van der Waals surface area contributed by atoms with Crippen LogP contribution in [0.4, 0.5) is 0 Å². The largest absolute Gasteiger partial charge is 0.487 e. The van der Waals surface area contributed by atoms with Gasteiger partial charge in [-0.25, -0.2) is 0 Å². The lowest BCUT2D eigenvalue weighted by Crippen LogP contribution is -2.12. The Hall–Kier alpha value is -1.51. The minimum atomic E-state index is 0.276. The summed E-state index contributed by atoms with van der Waals surface area (Å²) in [5.41, 5.74) is 3.64. The summed E-state index contributed by atoms with van der Waals surface area (Å²) in [5, 5.41) is 3.85. The highest BCUT2D eigenvalue weighted by Crippen LogP contribution is 2.28. The molecule has 0 aromatic heterocycles. The molecule has 2 nitrogen and oxygen atoms in total. The van der Waals surface area contributed by atoms with Gasteiger partial charge in [-0.2, -0.15) is 0 Å². The van der Waals surface area contributed by atoms with E-state index < -0.39 is 0 Å². The van der Waals surface area contributed by atoms with Crippen LogP contribution in [0, 0.1) is 0 Å². The highest BCUT2D eigenvalue weighted by Gasteiger charge is 2.07. The molecule has 1 N–H and O–H groups in total. The van der Waals surface area contributed by atoms with E-state index in [1.54, 1.807) is 0 Å². The summed E-state index contributed by atoms with van der Waals surface area (Å²) in [7, 11) is 1.93. The lowest BCUT2D eigenvalue weighted by atomic mass is 10.1. The Morgan fingerprint density at radius 2 is 1.76 bits per heavy atom. The lowest BCUT2D eigenvalue weighted by Gasteiger charge is -2.13. The van der Waals surface area contributed by atoms with Gasteiger partial charge < -0.3 is 10.1 Å². The SMILES string of the molecule is CCc1ccc(COc2ccc(C(C)NC)cc2Cl)cc1. The van der Waals surface area contributed by atoms with Gasteiger partial charge in [0, 0.05) is 6.04 Å². The van der Waals surface area contributed by atoms with E-state index in [9.17, 15) is 0 Å². The number of rotatable bonds is 6. The second kappa shape index (κ2) is 7.48. The quantitative estimate of drug-likeness (QED) is 0.830. The van der Waals surface area contributed by atoms with Gasteiger partial charge in [0.1, 0.15) is 12.4 Å². The van der Waals surface area contributed by atoms with Crippen molar-refractivity contribution >= 4 is 11.6 Å².